The van der Waals surface area contributed by atoms with Gasteiger partial charge in [-0.25, -0.2) is 0 Å². The molecule has 2 aromatic carbocycles. The van der Waals surface area contributed by atoms with Crippen LogP contribution in [0, 0.1) is 27.2 Å². The number of nitrogens with one attached hydrogen (secondary N) is 3. The lowest BCUT2D eigenvalue weighted by molar-refractivity contribution is -0.393. The quantitative estimate of drug-likeness (QED) is 0.314. The normalized spacial score (nSPS) is 13.5. The van der Waals surface area contributed by atoms with E-state index in [1.807, 2.05) is 0 Å². The summed E-state index contributed by atoms with van der Waals surface area (Å²) in [5.41, 5.74) is 8.08. The van der Waals surface area contributed by atoms with Gasteiger partial charge in [0.1, 0.15) is 11.4 Å². The Bertz CT molecular complexity index is 1470. The fourth-order valence-electron chi connectivity index (χ4n) is 3.88. The van der Waals surface area contributed by atoms with E-state index in [2.05, 4.69) is 21.4 Å². The molecule has 0 saturated heterocycles. The summed E-state index contributed by atoms with van der Waals surface area (Å²) < 4.78 is 5.77. The maximum atomic E-state index is 12.7. The van der Waals surface area contributed by atoms with E-state index in [1.54, 1.807) is 19.1 Å². The number of hydrazine groups is 1. The van der Waals surface area contributed by atoms with Crippen molar-refractivity contribution in [2.75, 3.05) is 5.43 Å². The summed E-state index contributed by atoms with van der Waals surface area (Å²) in [7, 11) is 0. The van der Waals surface area contributed by atoms with Crippen molar-refractivity contribution < 1.29 is 23.9 Å². The zero-order valence-electron chi connectivity index (χ0n) is 19.2. The molecule has 0 fully saturated rings. The molecule has 0 spiro atoms. The fourth-order valence-corrected chi connectivity index (χ4v) is 4.07. The number of halogens is 1. The molecule has 1 aromatic heterocycles. The Morgan fingerprint density at radius 2 is 1.78 bits per heavy atom. The molecule has 3 aromatic rings. The zero-order valence-corrected chi connectivity index (χ0v) is 20.0. The smallest absolute Gasteiger partial charge is 0.305 e. The average molecular weight is 527 g/mol. The van der Waals surface area contributed by atoms with Crippen molar-refractivity contribution in [3.8, 4) is 0 Å². The molecule has 1 aliphatic rings. The largest absolute Gasteiger partial charge is 0.455 e. The lowest BCUT2D eigenvalue weighted by Crippen LogP contribution is -2.41. The van der Waals surface area contributed by atoms with Crippen LogP contribution in [0.2, 0.25) is 5.02 Å². The van der Waals surface area contributed by atoms with Crippen molar-refractivity contribution in [3.05, 3.63) is 95.9 Å². The van der Waals surface area contributed by atoms with Crippen molar-refractivity contribution >= 4 is 46.2 Å². The number of aryl methyl sites for hydroxylation is 1. The highest BCUT2D eigenvalue weighted by Crippen LogP contribution is 2.32. The van der Waals surface area contributed by atoms with Gasteiger partial charge in [0.25, 0.3) is 11.6 Å². The number of fused-ring (bicyclic) bond motifs is 1. The Morgan fingerprint density at radius 1 is 1.03 bits per heavy atom. The highest BCUT2D eigenvalue weighted by Gasteiger charge is 2.28. The minimum Gasteiger partial charge on any atom is -0.455 e. The number of non-ortho nitro benzene ring substituents is 1. The van der Waals surface area contributed by atoms with Crippen molar-refractivity contribution in [2.45, 2.75) is 26.2 Å². The van der Waals surface area contributed by atoms with Crippen LogP contribution in [-0.4, -0.2) is 27.4 Å². The van der Waals surface area contributed by atoms with E-state index >= 15 is 0 Å². The zero-order chi connectivity index (χ0) is 26.7. The first-order valence-electron chi connectivity index (χ1n) is 10.9. The van der Waals surface area contributed by atoms with Crippen LogP contribution >= 0.6 is 11.6 Å². The number of hydrogen-bond donors (Lipinski definition) is 3. The maximum Gasteiger partial charge on any atom is 0.305 e. The van der Waals surface area contributed by atoms with Crippen LogP contribution in [0.3, 0.4) is 0 Å². The number of nitro groups is 2. The molecule has 190 valence electrons. The van der Waals surface area contributed by atoms with Crippen LogP contribution in [0.4, 0.5) is 17.1 Å². The number of hydrazone groups is 1. The molecule has 1 aliphatic carbocycles. The number of hydrogen-bond acceptors (Lipinski definition) is 9. The lowest BCUT2D eigenvalue weighted by Gasteiger charge is -2.13. The van der Waals surface area contributed by atoms with E-state index in [9.17, 15) is 29.8 Å². The predicted octanol–water partition coefficient (Wildman–Crippen LogP) is 4.29. The van der Waals surface area contributed by atoms with Crippen LogP contribution < -0.4 is 16.3 Å². The standard InChI is InChI=1S/C23H19ClN6O7/c1-12-20-17(26-25-16-9-8-15(29(33)34)11-18(16)30(35)36)6-3-7-19(20)37-21(12)23(32)28-27-22(31)13-4-2-5-14(24)10-13/h2,4-5,8-11,25H,3,6-7H2,1H3,(H,27,31)(H,28,32)/b26-17+. The van der Waals surface area contributed by atoms with E-state index in [-0.39, 0.29) is 17.0 Å². The number of furan rings is 1. The molecule has 4 rings (SSSR count). The molecule has 0 radical (unpaired) electrons. The van der Waals surface area contributed by atoms with Gasteiger partial charge in [0.15, 0.2) is 5.76 Å². The van der Waals surface area contributed by atoms with E-state index < -0.39 is 33.0 Å². The Morgan fingerprint density at radius 3 is 2.49 bits per heavy atom. The van der Waals surface area contributed by atoms with Gasteiger partial charge >= 0.3 is 11.6 Å². The summed E-state index contributed by atoms with van der Waals surface area (Å²) in [4.78, 5) is 45.9. The summed E-state index contributed by atoms with van der Waals surface area (Å²) in [6.45, 7) is 1.66. The van der Waals surface area contributed by atoms with Crippen molar-refractivity contribution in [2.24, 2.45) is 5.10 Å². The molecule has 0 saturated carbocycles. The Hall–Kier alpha value is -4.78. The minimum atomic E-state index is -0.745. The predicted molar refractivity (Wildman–Crippen MR) is 133 cm³/mol. The number of carbonyl (C=O) groups excluding carboxylic acids is 2. The Labute approximate surface area is 213 Å². The highest BCUT2D eigenvalue weighted by molar-refractivity contribution is 6.31. The summed E-state index contributed by atoms with van der Waals surface area (Å²) >= 11 is 5.89. The minimum absolute atomic E-state index is 0.0210. The van der Waals surface area contributed by atoms with Gasteiger partial charge in [0.2, 0.25) is 0 Å². The number of nitro benzene ring substituents is 2. The SMILES string of the molecule is Cc1c(C(=O)NNC(=O)c2cccc(Cl)c2)oc2c1/C(=N/Nc1ccc([N+](=O)[O-])cc1[N+](=O)[O-])CCC2. The highest BCUT2D eigenvalue weighted by atomic mass is 35.5. The molecule has 13 nitrogen and oxygen atoms in total. The second kappa shape index (κ2) is 10.5. The second-order valence-electron chi connectivity index (χ2n) is 8.01. The summed E-state index contributed by atoms with van der Waals surface area (Å²) in [6, 6.07) is 9.38. The third-order valence-electron chi connectivity index (χ3n) is 5.61. The van der Waals surface area contributed by atoms with E-state index in [0.29, 0.717) is 46.9 Å². The molecule has 37 heavy (non-hydrogen) atoms. The van der Waals surface area contributed by atoms with Gasteiger partial charge in [0, 0.05) is 34.2 Å². The topological polar surface area (TPSA) is 182 Å². The molecular weight excluding hydrogens is 508 g/mol. The third kappa shape index (κ3) is 5.41. The van der Waals surface area contributed by atoms with Gasteiger partial charge in [0.05, 0.1) is 21.6 Å². The van der Waals surface area contributed by atoms with Gasteiger partial charge in [-0.15, -0.1) is 0 Å². The number of nitrogens with zero attached hydrogens (tertiary/aromatic N) is 3. The summed E-state index contributed by atoms with van der Waals surface area (Å²) in [5, 5.41) is 27.0. The van der Waals surface area contributed by atoms with Crippen LogP contribution in [0.5, 0.6) is 0 Å². The molecule has 1 heterocycles. The van der Waals surface area contributed by atoms with Crippen LogP contribution in [0.15, 0.2) is 52.0 Å². The van der Waals surface area contributed by atoms with Crippen LogP contribution in [-0.2, 0) is 6.42 Å². The molecule has 2 amide bonds. The molecule has 0 bridgehead atoms. The van der Waals surface area contributed by atoms with Crippen molar-refractivity contribution in [3.63, 3.8) is 0 Å². The van der Waals surface area contributed by atoms with E-state index in [4.69, 9.17) is 16.0 Å². The van der Waals surface area contributed by atoms with Gasteiger partial charge in [-0.05, 0) is 44.0 Å². The molecular formula is C23H19ClN6O7. The van der Waals surface area contributed by atoms with E-state index in [1.165, 1.54) is 18.2 Å². The number of rotatable bonds is 6. The number of amides is 2. The maximum absolute atomic E-state index is 12.7. The Balaban J connectivity index is 1.54. The fraction of sp³-hybridized carbons (Fsp3) is 0.174. The monoisotopic (exact) mass is 526 g/mol. The van der Waals surface area contributed by atoms with Crippen LogP contribution in [0.1, 0.15) is 50.6 Å². The van der Waals surface area contributed by atoms with Gasteiger partial charge in [-0.2, -0.15) is 5.10 Å². The molecule has 3 N–H and O–H groups in total. The number of carbonyl (C=O) groups is 2. The lowest BCUT2D eigenvalue weighted by atomic mass is 9.93. The third-order valence-corrected chi connectivity index (χ3v) is 5.84. The molecule has 14 heteroatoms. The number of benzene rings is 2. The van der Waals surface area contributed by atoms with E-state index in [0.717, 1.165) is 12.1 Å². The summed E-state index contributed by atoms with van der Waals surface area (Å²) in [5.74, 6) is -0.761. The Kier molecular flexibility index (Phi) is 7.15. The van der Waals surface area contributed by atoms with Crippen molar-refractivity contribution in [1.82, 2.24) is 10.9 Å². The molecule has 0 atom stereocenters. The summed E-state index contributed by atoms with van der Waals surface area (Å²) in [6.07, 6.45) is 1.68. The first kappa shape index (κ1) is 25.3. The second-order valence-corrected chi connectivity index (χ2v) is 8.45. The first-order valence-corrected chi connectivity index (χ1v) is 11.3. The number of anilines is 1. The van der Waals surface area contributed by atoms with Crippen molar-refractivity contribution in [1.29, 1.82) is 0 Å². The molecule has 0 unspecified atom stereocenters. The van der Waals surface area contributed by atoms with Crippen LogP contribution in [0.25, 0.3) is 0 Å². The molecule has 0 aliphatic heterocycles. The van der Waals surface area contributed by atoms with Gasteiger partial charge < -0.3 is 4.42 Å². The van der Waals surface area contributed by atoms with Gasteiger partial charge in [-0.1, -0.05) is 17.7 Å². The first-order chi connectivity index (χ1) is 17.7. The average Bonchev–Trinajstić information content (AvgIpc) is 3.22. The van der Waals surface area contributed by atoms with Gasteiger partial charge in [-0.3, -0.25) is 46.1 Å².